The second-order valence-corrected chi connectivity index (χ2v) is 6.96. The van der Waals surface area contributed by atoms with E-state index in [2.05, 4.69) is 26.1 Å². The van der Waals surface area contributed by atoms with Crippen LogP contribution in [0.4, 0.5) is 11.5 Å². The summed E-state index contributed by atoms with van der Waals surface area (Å²) < 4.78 is 5.60. The first-order valence-corrected chi connectivity index (χ1v) is 9.28. The number of benzene rings is 1. The maximum absolute atomic E-state index is 11.2. The fourth-order valence-corrected chi connectivity index (χ4v) is 3.63. The summed E-state index contributed by atoms with van der Waals surface area (Å²) in [4.78, 5) is 20.3. The highest BCUT2D eigenvalue weighted by Gasteiger charge is 2.11. The predicted molar refractivity (Wildman–Crippen MR) is 99.2 cm³/mol. The van der Waals surface area contributed by atoms with Gasteiger partial charge in [0, 0.05) is 11.4 Å². The number of nitrogens with one attached hydrogen (secondary N) is 1. The Bertz CT molecular complexity index is 932. The average molecular weight is 370 g/mol. The van der Waals surface area contributed by atoms with Gasteiger partial charge in [0.15, 0.2) is 11.0 Å². The van der Waals surface area contributed by atoms with Gasteiger partial charge in [0.25, 0.3) is 0 Å². The number of methoxy groups -OCH3 is 1. The van der Waals surface area contributed by atoms with Crippen LogP contribution in [-0.4, -0.2) is 28.8 Å². The van der Waals surface area contributed by atoms with Gasteiger partial charge in [-0.25, -0.2) is 9.97 Å². The Balaban J connectivity index is 1.81. The molecule has 3 rings (SSSR count). The number of thiophene rings is 1. The van der Waals surface area contributed by atoms with E-state index in [0.29, 0.717) is 28.7 Å². The second kappa shape index (κ2) is 7.96. The van der Waals surface area contributed by atoms with Crippen molar-refractivity contribution in [1.82, 2.24) is 9.97 Å². The summed E-state index contributed by atoms with van der Waals surface area (Å²) >= 11 is 2.97. The molecule has 2 aromatic heterocycles. The minimum Gasteiger partial charge on any atom is -0.469 e. The number of ether oxygens (including phenoxy) is 1. The van der Waals surface area contributed by atoms with Crippen LogP contribution in [0.15, 0.2) is 40.9 Å². The van der Waals surface area contributed by atoms with Crippen LogP contribution in [-0.2, 0) is 9.53 Å². The third kappa shape index (κ3) is 4.26. The lowest BCUT2D eigenvalue weighted by molar-refractivity contribution is -0.140. The van der Waals surface area contributed by atoms with Gasteiger partial charge in [-0.3, -0.25) is 4.79 Å². The third-order valence-corrected chi connectivity index (χ3v) is 5.08. The zero-order chi connectivity index (χ0) is 17.6. The smallest absolute Gasteiger partial charge is 0.306 e. The summed E-state index contributed by atoms with van der Waals surface area (Å²) in [5.74, 6) is 1.02. The number of aromatic nitrogens is 2. The molecule has 0 aliphatic heterocycles. The van der Waals surface area contributed by atoms with E-state index in [1.165, 1.54) is 18.9 Å². The maximum atomic E-state index is 11.2. The Morgan fingerprint density at radius 1 is 1.32 bits per heavy atom. The summed E-state index contributed by atoms with van der Waals surface area (Å²) in [5, 5.41) is 14.7. The second-order valence-electron chi connectivity index (χ2n) is 4.98. The number of fused-ring (bicyclic) bond motifs is 1. The van der Waals surface area contributed by atoms with E-state index in [1.54, 1.807) is 23.5 Å². The molecule has 0 saturated carbocycles. The molecule has 8 heteroatoms. The molecule has 0 saturated heterocycles. The van der Waals surface area contributed by atoms with E-state index in [9.17, 15) is 4.79 Å². The Morgan fingerprint density at radius 3 is 2.84 bits per heavy atom. The fourth-order valence-electron chi connectivity index (χ4n) is 2.08. The van der Waals surface area contributed by atoms with Crippen LogP contribution in [0, 0.1) is 11.3 Å². The lowest BCUT2D eigenvalue weighted by atomic mass is 10.2. The summed E-state index contributed by atoms with van der Waals surface area (Å²) in [6, 6.07) is 11.2. The molecule has 126 valence electrons. The number of thioether (sulfide) groups is 1. The van der Waals surface area contributed by atoms with Crippen molar-refractivity contribution in [2.45, 2.75) is 11.6 Å². The number of hydrogen-bond donors (Lipinski definition) is 1. The molecule has 6 nitrogen and oxygen atoms in total. The molecule has 0 radical (unpaired) electrons. The van der Waals surface area contributed by atoms with Gasteiger partial charge in [-0.2, -0.15) is 5.26 Å². The summed E-state index contributed by atoms with van der Waals surface area (Å²) in [5.41, 5.74) is 2.31. The summed E-state index contributed by atoms with van der Waals surface area (Å²) in [7, 11) is 1.38. The van der Waals surface area contributed by atoms with Crippen LogP contribution < -0.4 is 5.32 Å². The van der Waals surface area contributed by atoms with Gasteiger partial charge in [0.2, 0.25) is 0 Å². The van der Waals surface area contributed by atoms with Crippen LogP contribution in [0.5, 0.6) is 0 Å². The molecule has 0 amide bonds. The minimum atomic E-state index is -0.250. The van der Waals surface area contributed by atoms with Crippen molar-refractivity contribution in [1.29, 1.82) is 5.26 Å². The van der Waals surface area contributed by atoms with E-state index in [0.717, 1.165) is 15.9 Å². The molecular weight excluding hydrogens is 356 g/mol. The molecule has 0 aliphatic carbocycles. The Morgan fingerprint density at radius 2 is 2.12 bits per heavy atom. The Labute approximate surface area is 152 Å². The third-order valence-electron chi connectivity index (χ3n) is 3.32. The number of rotatable bonds is 6. The maximum Gasteiger partial charge on any atom is 0.306 e. The zero-order valence-corrected chi connectivity index (χ0v) is 15.0. The average Bonchev–Trinajstić information content (AvgIpc) is 3.11. The van der Waals surface area contributed by atoms with E-state index >= 15 is 0 Å². The van der Waals surface area contributed by atoms with Crippen LogP contribution in [0.2, 0.25) is 0 Å². The molecule has 0 atom stereocenters. The molecule has 0 unspecified atom stereocenters. The topological polar surface area (TPSA) is 87.9 Å². The molecule has 2 heterocycles. The van der Waals surface area contributed by atoms with E-state index in [4.69, 9.17) is 5.26 Å². The van der Waals surface area contributed by atoms with E-state index in [1.807, 2.05) is 23.6 Å². The lowest BCUT2D eigenvalue weighted by Gasteiger charge is -2.08. The van der Waals surface area contributed by atoms with Gasteiger partial charge >= 0.3 is 5.97 Å². The Kier molecular flexibility index (Phi) is 5.48. The highest BCUT2D eigenvalue weighted by Crippen LogP contribution is 2.31. The molecule has 0 bridgehead atoms. The van der Waals surface area contributed by atoms with Gasteiger partial charge in [0.05, 0.1) is 35.4 Å². The Hall–Kier alpha value is -2.63. The number of carbonyl (C=O) groups is 1. The zero-order valence-electron chi connectivity index (χ0n) is 13.4. The van der Waals surface area contributed by atoms with Crippen LogP contribution in [0.3, 0.4) is 0 Å². The lowest BCUT2D eigenvalue weighted by Crippen LogP contribution is -2.02. The molecular formula is C17H14N4O2S2. The van der Waals surface area contributed by atoms with Crippen molar-refractivity contribution in [2.24, 2.45) is 0 Å². The van der Waals surface area contributed by atoms with Crippen LogP contribution >= 0.6 is 23.1 Å². The highest BCUT2D eigenvalue weighted by molar-refractivity contribution is 7.99. The van der Waals surface area contributed by atoms with E-state index < -0.39 is 0 Å². The van der Waals surface area contributed by atoms with Gasteiger partial charge in [-0.05, 0) is 35.7 Å². The van der Waals surface area contributed by atoms with Crippen molar-refractivity contribution in [2.75, 3.05) is 18.2 Å². The van der Waals surface area contributed by atoms with Crippen molar-refractivity contribution in [3.63, 3.8) is 0 Å². The predicted octanol–water partition coefficient (Wildman–Crippen LogP) is 3.96. The minimum absolute atomic E-state index is 0.250. The number of anilines is 2. The highest BCUT2D eigenvalue weighted by atomic mass is 32.2. The van der Waals surface area contributed by atoms with Crippen LogP contribution in [0.1, 0.15) is 12.0 Å². The van der Waals surface area contributed by atoms with Crippen LogP contribution in [0.25, 0.3) is 10.2 Å². The molecule has 0 spiro atoms. The fraction of sp³-hybridized carbons (Fsp3) is 0.176. The van der Waals surface area contributed by atoms with Gasteiger partial charge in [0.1, 0.15) is 0 Å². The molecule has 25 heavy (non-hydrogen) atoms. The number of hydrogen-bond acceptors (Lipinski definition) is 8. The van der Waals surface area contributed by atoms with Crippen molar-refractivity contribution < 1.29 is 9.53 Å². The van der Waals surface area contributed by atoms with Crippen molar-refractivity contribution in [3.8, 4) is 6.07 Å². The van der Waals surface area contributed by atoms with E-state index in [-0.39, 0.29) is 5.97 Å². The standard InChI is InChI=1S/C17H14N4O2S2/c1-23-14(22)7-9-25-17-20-13-6-8-24-15(13)16(21-17)19-12-4-2-11(10-18)3-5-12/h2-6,8H,7,9H2,1H3,(H,19,20,21). The number of nitrogens with zero attached hydrogens (tertiary/aromatic N) is 3. The first-order valence-electron chi connectivity index (χ1n) is 7.41. The molecule has 0 aliphatic rings. The normalized spacial score (nSPS) is 10.4. The SMILES string of the molecule is COC(=O)CCSc1nc(Nc2ccc(C#N)cc2)c2sccc2n1. The molecule has 1 aromatic carbocycles. The number of carbonyl (C=O) groups excluding carboxylic acids is 1. The summed E-state index contributed by atoms with van der Waals surface area (Å²) in [6.45, 7) is 0. The summed E-state index contributed by atoms with van der Waals surface area (Å²) in [6.07, 6.45) is 0.310. The van der Waals surface area contributed by atoms with Gasteiger partial charge in [-0.15, -0.1) is 11.3 Å². The molecule has 0 fully saturated rings. The monoisotopic (exact) mass is 370 g/mol. The number of esters is 1. The first kappa shape index (κ1) is 17.2. The van der Waals surface area contributed by atoms with Crippen molar-refractivity contribution in [3.05, 3.63) is 41.3 Å². The quantitative estimate of drug-likeness (QED) is 0.399. The first-order chi connectivity index (χ1) is 12.2. The molecule has 1 N–H and O–H groups in total. The molecule has 3 aromatic rings. The van der Waals surface area contributed by atoms with Gasteiger partial charge < -0.3 is 10.1 Å². The number of nitriles is 1. The van der Waals surface area contributed by atoms with Crippen molar-refractivity contribution >= 4 is 50.8 Å². The largest absolute Gasteiger partial charge is 0.469 e. The van der Waals surface area contributed by atoms with Gasteiger partial charge in [-0.1, -0.05) is 11.8 Å².